The molecule has 0 aromatic carbocycles. The van der Waals surface area contributed by atoms with Gasteiger partial charge in [0.15, 0.2) is 0 Å². The van der Waals surface area contributed by atoms with Crippen molar-refractivity contribution in [3.8, 4) is 0 Å². The molecule has 1 aromatic rings. The summed E-state index contributed by atoms with van der Waals surface area (Å²) in [5.41, 5.74) is 1.23. The largest absolute Gasteiger partial charge is 0.468 e. The van der Waals surface area contributed by atoms with Crippen LogP contribution in [-0.2, 0) is 11.3 Å². The second kappa shape index (κ2) is 6.79. The molecule has 1 aliphatic rings. The summed E-state index contributed by atoms with van der Waals surface area (Å²) in [6, 6.07) is 2.00. The first-order chi connectivity index (χ1) is 8.36. The minimum atomic E-state index is 0.835. The highest BCUT2D eigenvalue weighted by atomic mass is 16.5. The van der Waals surface area contributed by atoms with Crippen molar-refractivity contribution in [3.63, 3.8) is 0 Å². The Morgan fingerprint density at radius 2 is 2.18 bits per heavy atom. The van der Waals surface area contributed by atoms with Gasteiger partial charge in [-0.05, 0) is 38.1 Å². The fourth-order valence-corrected chi connectivity index (χ4v) is 2.04. The summed E-state index contributed by atoms with van der Waals surface area (Å²) < 4.78 is 10.7. The summed E-state index contributed by atoms with van der Waals surface area (Å²) in [5, 5.41) is 3.42. The van der Waals surface area contributed by atoms with Crippen LogP contribution in [0.5, 0.6) is 0 Å². The molecule has 17 heavy (non-hydrogen) atoms. The topological polar surface area (TPSA) is 37.6 Å². The molecule has 1 N–H and O–H groups in total. The zero-order valence-corrected chi connectivity index (χ0v) is 10.6. The lowest BCUT2D eigenvalue weighted by molar-refractivity contribution is 0.0374. The number of hydrogen-bond donors (Lipinski definition) is 1. The van der Waals surface area contributed by atoms with Crippen molar-refractivity contribution in [2.75, 3.05) is 39.4 Å². The van der Waals surface area contributed by atoms with Gasteiger partial charge in [-0.2, -0.15) is 0 Å². The molecule has 0 unspecified atom stereocenters. The maximum absolute atomic E-state index is 5.37. The van der Waals surface area contributed by atoms with Crippen LogP contribution in [0.25, 0.3) is 0 Å². The predicted octanol–water partition coefficient (Wildman–Crippen LogP) is 1.40. The Morgan fingerprint density at radius 1 is 1.35 bits per heavy atom. The summed E-state index contributed by atoms with van der Waals surface area (Å²) in [7, 11) is 0. The number of morpholine rings is 1. The number of nitrogens with one attached hydrogen (secondary N) is 1. The van der Waals surface area contributed by atoms with E-state index in [9.17, 15) is 0 Å². The Labute approximate surface area is 103 Å². The molecule has 4 heteroatoms. The van der Waals surface area contributed by atoms with Gasteiger partial charge in [-0.15, -0.1) is 0 Å². The van der Waals surface area contributed by atoms with Gasteiger partial charge in [-0.3, -0.25) is 4.90 Å². The second-order valence-electron chi connectivity index (χ2n) is 4.51. The van der Waals surface area contributed by atoms with E-state index in [1.54, 1.807) is 6.26 Å². The zero-order valence-electron chi connectivity index (χ0n) is 10.6. The molecule has 4 nitrogen and oxygen atoms in total. The molecule has 1 saturated heterocycles. The monoisotopic (exact) mass is 238 g/mol. The average molecular weight is 238 g/mol. The number of hydrogen-bond acceptors (Lipinski definition) is 4. The summed E-state index contributed by atoms with van der Waals surface area (Å²) in [6.45, 7) is 9.05. The molecular formula is C13H22N2O2. The van der Waals surface area contributed by atoms with Gasteiger partial charge >= 0.3 is 0 Å². The van der Waals surface area contributed by atoms with Crippen LogP contribution in [-0.4, -0.2) is 44.3 Å². The van der Waals surface area contributed by atoms with Gasteiger partial charge in [0.2, 0.25) is 0 Å². The molecule has 2 heterocycles. The number of furan rings is 1. The third-order valence-corrected chi connectivity index (χ3v) is 3.19. The number of rotatable bonds is 6. The summed E-state index contributed by atoms with van der Waals surface area (Å²) >= 11 is 0. The standard InChI is InChI=1S/C13H22N2O2/c1-12-3-8-17-13(12)11-14-4-2-5-15-6-9-16-10-7-15/h3,8,14H,2,4-7,9-11H2,1H3. The van der Waals surface area contributed by atoms with E-state index in [1.165, 1.54) is 12.0 Å². The third-order valence-electron chi connectivity index (χ3n) is 3.19. The van der Waals surface area contributed by atoms with E-state index in [1.807, 2.05) is 6.07 Å². The van der Waals surface area contributed by atoms with Gasteiger partial charge in [0.1, 0.15) is 5.76 Å². The Hall–Kier alpha value is -0.840. The summed E-state index contributed by atoms with van der Waals surface area (Å²) in [6.07, 6.45) is 2.93. The van der Waals surface area contributed by atoms with Crippen LogP contribution >= 0.6 is 0 Å². The van der Waals surface area contributed by atoms with Crippen LogP contribution in [0.1, 0.15) is 17.7 Å². The van der Waals surface area contributed by atoms with Gasteiger partial charge in [-0.1, -0.05) is 0 Å². The van der Waals surface area contributed by atoms with Crippen LogP contribution in [0.4, 0.5) is 0 Å². The predicted molar refractivity (Wildman–Crippen MR) is 67.0 cm³/mol. The molecule has 0 atom stereocenters. The molecule has 0 saturated carbocycles. The first-order valence-corrected chi connectivity index (χ1v) is 6.40. The fraction of sp³-hybridized carbons (Fsp3) is 0.692. The average Bonchev–Trinajstić information content (AvgIpc) is 2.76. The Kier molecular flexibility index (Phi) is 5.04. The van der Waals surface area contributed by atoms with Crippen molar-refractivity contribution >= 4 is 0 Å². The van der Waals surface area contributed by atoms with E-state index in [-0.39, 0.29) is 0 Å². The van der Waals surface area contributed by atoms with Crippen molar-refractivity contribution in [3.05, 3.63) is 23.7 Å². The van der Waals surface area contributed by atoms with E-state index >= 15 is 0 Å². The first-order valence-electron chi connectivity index (χ1n) is 6.40. The Balaban J connectivity index is 1.53. The lowest BCUT2D eigenvalue weighted by atomic mass is 10.3. The Morgan fingerprint density at radius 3 is 2.88 bits per heavy atom. The maximum Gasteiger partial charge on any atom is 0.120 e. The minimum Gasteiger partial charge on any atom is -0.468 e. The van der Waals surface area contributed by atoms with Gasteiger partial charge in [0.05, 0.1) is 26.0 Å². The second-order valence-corrected chi connectivity index (χ2v) is 4.51. The van der Waals surface area contributed by atoms with Crippen LogP contribution in [0.3, 0.4) is 0 Å². The minimum absolute atomic E-state index is 0.835. The highest BCUT2D eigenvalue weighted by Crippen LogP contribution is 2.07. The zero-order chi connectivity index (χ0) is 11.9. The van der Waals surface area contributed by atoms with Crippen molar-refractivity contribution in [1.82, 2.24) is 10.2 Å². The van der Waals surface area contributed by atoms with Gasteiger partial charge in [0, 0.05) is 13.1 Å². The maximum atomic E-state index is 5.37. The van der Waals surface area contributed by atoms with Gasteiger partial charge in [0.25, 0.3) is 0 Å². The van der Waals surface area contributed by atoms with Gasteiger partial charge in [-0.25, -0.2) is 0 Å². The lowest BCUT2D eigenvalue weighted by Crippen LogP contribution is -2.37. The fourth-order valence-electron chi connectivity index (χ4n) is 2.04. The third kappa shape index (κ3) is 4.15. The van der Waals surface area contributed by atoms with E-state index in [2.05, 4.69) is 17.1 Å². The molecule has 0 bridgehead atoms. The summed E-state index contributed by atoms with van der Waals surface area (Å²) in [5.74, 6) is 1.05. The van der Waals surface area contributed by atoms with Crippen molar-refractivity contribution in [2.45, 2.75) is 19.9 Å². The highest BCUT2D eigenvalue weighted by molar-refractivity contribution is 5.13. The van der Waals surface area contributed by atoms with Crippen LogP contribution in [0.15, 0.2) is 16.7 Å². The van der Waals surface area contributed by atoms with E-state index in [0.717, 1.165) is 51.7 Å². The van der Waals surface area contributed by atoms with Crippen molar-refractivity contribution in [1.29, 1.82) is 0 Å². The molecule has 0 radical (unpaired) electrons. The smallest absolute Gasteiger partial charge is 0.120 e. The molecule has 1 aromatic heterocycles. The SMILES string of the molecule is Cc1ccoc1CNCCCN1CCOCC1. The van der Waals surface area contributed by atoms with E-state index in [0.29, 0.717) is 0 Å². The molecular weight excluding hydrogens is 216 g/mol. The molecule has 1 aliphatic heterocycles. The molecule has 96 valence electrons. The van der Waals surface area contributed by atoms with Crippen LogP contribution < -0.4 is 5.32 Å². The van der Waals surface area contributed by atoms with Crippen molar-refractivity contribution in [2.24, 2.45) is 0 Å². The highest BCUT2D eigenvalue weighted by Gasteiger charge is 2.09. The number of aryl methyl sites for hydroxylation is 1. The van der Waals surface area contributed by atoms with E-state index < -0.39 is 0 Å². The quantitative estimate of drug-likeness (QED) is 0.760. The molecule has 1 fully saturated rings. The van der Waals surface area contributed by atoms with Crippen LogP contribution in [0, 0.1) is 6.92 Å². The molecule has 2 rings (SSSR count). The summed E-state index contributed by atoms with van der Waals surface area (Å²) in [4.78, 5) is 2.46. The first kappa shape index (κ1) is 12.6. The van der Waals surface area contributed by atoms with Gasteiger partial charge < -0.3 is 14.5 Å². The van der Waals surface area contributed by atoms with Crippen LogP contribution in [0.2, 0.25) is 0 Å². The number of ether oxygens (including phenoxy) is 1. The van der Waals surface area contributed by atoms with E-state index in [4.69, 9.17) is 9.15 Å². The lowest BCUT2D eigenvalue weighted by Gasteiger charge is -2.26. The Bertz CT molecular complexity index is 319. The molecule has 0 amide bonds. The molecule has 0 aliphatic carbocycles. The number of nitrogens with zero attached hydrogens (tertiary/aromatic N) is 1. The normalized spacial score (nSPS) is 17.5. The van der Waals surface area contributed by atoms with Crippen molar-refractivity contribution < 1.29 is 9.15 Å². The molecule has 0 spiro atoms.